The van der Waals surface area contributed by atoms with E-state index in [0.29, 0.717) is 12.8 Å². The molecule has 0 rings (SSSR count). The molecular weight excluding hydrogens is 693 g/mol. The Kier molecular flexibility index (Phi) is 35.6. The van der Waals surface area contributed by atoms with Crippen molar-refractivity contribution in [2.75, 3.05) is 19.8 Å². The summed E-state index contributed by atoms with van der Waals surface area (Å²) in [5.41, 5.74) is 5.33. The van der Waals surface area contributed by atoms with Crippen LogP contribution in [0.25, 0.3) is 0 Å². The van der Waals surface area contributed by atoms with Gasteiger partial charge in [-0.15, -0.1) is 0 Å². The van der Waals surface area contributed by atoms with Gasteiger partial charge in [0.2, 0.25) is 0 Å². The summed E-state index contributed by atoms with van der Waals surface area (Å²) >= 11 is 0. The molecule has 0 aromatic heterocycles. The maximum atomic E-state index is 12.6. The van der Waals surface area contributed by atoms with Crippen LogP contribution in [0, 0.1) is 0 Å². The van der Waals surface area contributed by atoms with E-state index >= 15 is 0 Å². The highest BCUT2D eigenvalue weighted by Gasteiger charge is 2.27. The maximum Gasteiger partial charge on any atom is 0.472 e. The van der Waals surface area contributed by atoms with Crippen molar-refractivity contribution in [2.24, 2.45) is 5.73 Å². The molecule has 0 amide bonds. The predicted molar refractivity (Wildman–Crippen MR) is 216 cm³/mol. The number of carbonyl (C=O) groups is 2. The zero-order valence-corrected chi connectivity index (χ0v) is 33.7. The highest BCUT2D eigenvalue weighted by atomic mass is 31.2. The lowest BCUT2D eigenvalue weighted by molar-refractivity contribution is -0.153. The number of allylic oxidation sites excluding steroid dienone is 11. The number of esters is 1. The molecular formula is C42H72NO9P. The molecule has 304 valence electrons. The molecule has 0 saturated heterocycles. The molecule has 1 unspecified atom stereocenters. The Labute approximate surface area is 321 Å². The Morgan fingerprint density at radius 2 is 1.09 bits per heavy atom. The second-order valence-corrected chi connectivity index (χ2v) is 14.6. The van der Waals surface area contributed by atoms with Crippen LogP contribution >= 0.6 is 7.82 Å². The molecule has 0 bridgehead atoms. The SMILES string of the molecule is CC/C=C\C/C=C\C/C=C\C/C=C\C/C=C\CCCC(=O)O[C@H](CO/C=C\CCCCCCCCCCCCCC)COP(=O)(O)OC[C@H](N)C(=O)O. The van der Waals surface area contributed by atoms with Crippen molar-refractivity contribution in [3.05, 3.63) is 73.1 Å². The van der Waals surface area contributed by atoms with Gasteiger partial charge in [0.25, 0.3) is 0 Å². The Hall–Kier alpha value is -2.75. The van der Waals surface area contributed by atoms with E-state index in [1.165, 1.54) is 64.2 Å². The smallest absolute Gasteiger partial charge is 0.472 e. The van der Waals surface area contributed by atoms with Gasteiger partial charge in [0.1, 0.15) is 12.6 Å². The van der Waals surface area contributed by atoms with E-state index in [0.717, 1.165) is 51.4 Å². The first-order valence-electron chi connectivity index (χ1n) is 20.0. The number of carbonyl (C=O) groups excluding carboxylic acids is 1. The number of aliphatic carboxylic acids is 1. The van der Waals surface area contributed by atoms with Gasteiger partial charge in [-0.3, -0.25) is 18.6 Å². The number of phosphoric ester groups is 1. The number of nitrogens with two attached hydrogens (primary N) is 1. The van der Waals surface area contributed by atoms with Crippen LogP contribution in [0.4, 0.5) is 0 Å². The van der Waals surface area contributed by atoms with Crippen molar-refractivity contribution in [3.63, 3.8) is 0 Å². The monoisotopic (exact) mass is 765 g/mol. The van der Waals surface area contributed by atoms with Crippen molar-refractivity contribution in [2.45, 2.75) is 161 Å². The minimum atomic E-state index is -4.65. The number of carboxylic acids is 1. The molecule has 0 aliphatic heterocycles. The zero-order chi connectivity index (χ0) is 39.1. The van der Waals surface area contributed by atoms with E-state index in [2.05, 4.69) is 73.1 Å². The normalized spacial score (nSPS) is 14.7. The van der Waals surface area contributed by atoms with Gasteiger partial charge in [-0.25, -0.2) is 4.57 Å². The number of carboxylic acid groups (broad SMARTS) is 1. The van der Waals surface area contributed by atoms with Crippen LogP contribution in [0.3, 0.4) is 0 Å². The molecule has 0 aromatic carbocycles. The van der Waals surface area contributed by atoms with E-state index < -0.39 is 45.1 Å². The lowest BCUT2D eigenvalue weighted by Crippen LogP contribution is -2.34. The number of hydrogen-bond acceptors (Lipinski definition) is 8. The van der Waals surface area contributed by atoms with Gasteiger partial charge in [0.15, 0.2) is 6.10 Å². The molecule has 11 heteroatoms. The van der Waals surface area contributed by atoms with E-state index in [1.54, 1.807) is 6.26 Å². The molecule has 0 spiro atoms. The van der Waals surface area contributed by atoms with Gasteiger partial charge >= 0.3 is 19.8 Å². The van der Waals surface area contributed by atoms with E-state index in [4.69, 9.17) is 24.8 Å². The Bertz CT molecular complexity index is 1120. The highest BCUT2D eigenvalue weighted by Crippen LogP contribution is 2.43. The van der Waals surface area contributed by atoms with Crippen LogP contribution in [0.5, 0.6) is 0 Å². The Morgan fingerprint density at radius 1 is 0.623 bits per heavy atom. The van der Waals surface area contributed by atoms with E-state index in [1.807, 2.05) is 12.2 Å². The van der Waals surface area contributed by atoms with E-state index in [9.17, 15) is 19.0 Å². The average molecular weight is 766 g/mol. The minimum Gasteiger partial charge on any atom is -0.498 e. The quantitative estimate of drug-likeness (QED) is 0.0183. The topological polar surface area (TPSA) is 155 Å². The fourth-order valence-corrected chi connectivity index (χ4v) is 5.73. The first-order chi connectivity index (χ1) is 25.7. The molecule has 53 heavy (non-hydrogen) atoms. The van der Waals surface area contributed by atoms with Gasteiger partial charge in [0, 0.05) is 6.42 Å². The minimum absolute atomic E-state index is 0.0932. The molecule has 0 saturated carbocycles. The third kappa shape index (κ3) is 37.4. The number of unbranched alkanes of at least 4 members (excludes halogenated alkanes) is 13. The van der Waals surface area contributed by atoms with Gasteiger partial charge in [-0.05, 0) is 63.9 Å². The molecule has 0 fully saturated rings. The maximum absolute atomic E-state index is 12.6. The number of hydrogen-bond donors (Lipinski definition) is 3. The highest BCUT2D eigenvalue weighted by molar-refractivity contribution is 7.47. The fourth-order valence-electron chi connectivity index (χ4n) is 4.96. The summed E-state index contributed by atoms with van der Waals surface area (Å²) in [6.45, 7) is 3.08. The van der Waals surface area contributed by atoms with Gasteiger partial charge in [-0.2, -0.15) is 0 Å². The second-order valence-electron chi connectivity index (χ2n) is 13.1. The first kappa shape index (κ1) is 50.2. The van der Waals surface area contributed by atoms with Crippen LogP contribution in [-0.4, -0.2) is 53.9 Å². The Morgan fingerprint density at radius 3 is 1.62 bits per heavy atom. The average Bonchev–Trinajstić information content (AvgIpc) is 3.13. The molecule has 0 aliphatic rings. The third-order valence-electron chi connectivity index (χ3n) is 8.06. The van der Waals surface area contributed by atoms with Crippen LogP contribution in [0.2, 0.25) is 0 Å². The van der Waals surface area contributed by atoms with Gasteiger partial charge < -0.3 is 25.2 Å². The molecule has 0 aromatic rings. The molecule has 4 N–H and O–H groups in total. The summed E-state index contributed by atoms with van der Waals surface area (Å²) in [5.74, 6) is -1.87. The zero-order valence-electron chi connectivity index (χ0n) is 32.8. The summed E-state index contributed by atoms with van der Waals surface area (Å²) in [6.07, 6.45) is 46.2. The summed E-state index contributed by atoms with van der Waals surface area (Å²) in [5, 5.41) is 8.87. The van der Waals surface area contributed by atoms with Crippen LogP contribution in [0.1, 0.15) is 149 Å². The molecule has 3 atom stereocenters. The number of ether oxygens (including phenoxy) is 2. The largest absolute Gasteiger partial charge is 0.498 e. The van der Waals surface area contributed by atoms with Crippen molar-refractivity contribution in [3.8, 4) is 0 Å². The summed E-state index contributed by atoms with van der Waals surface area (Å²) < 4.78 is 32.9. The van der Waals surface area contributed by atoms with Gasteiger partial charge in [-0.1, -0.05) is 145 Å². The van der Waals surface area contributed by atoms with Crippen molar-refractivity contribution in [1.82, 2.24) is 0 Å². The van der Waals surface area contributed by atoms with Crippen LogP contribution in [0.15, 0.2) is 73.1 Å². The lowest BCUT2D eigenvalue weighted by atomic mass is 10.0. The molecule has 0 aliphatic carbocycles. The second kappa shape index (κ2) is 37.6. The fraction of sp³-hybridized carbons (Fsp3) is 0.667. The summed E-state index contributed by atoms with van der Waals surface area (Å²) in [4.78, 5) is 33.4. The summed E-state index contributed by atoms with van der Waals surface area (Å²) in [7, 11) is -4.65. The number of rotatable bonds is 37. The Balaban J connectivity index is 4.46. The lowest BCUT2D eigenvalue weighted by Gasteiger charge is -2.20. The van der Waals surface area contributed by atoms with Crippen LogP contribution < -0.4 is 5.73 Å². The van der Waals surface area contributed by atoms with E-state index in [-0.39, 0.29) is 13.0 Å². The molecule has 10 nitrogen and oxygen atoms in total. The predicted octanol–water partition coefficient (Wildman–Crippen LogP) is 11.0. The van der Waals surface area contributed by atoms with Gasteiger partial charge in [0.05, 0.1) is 19.5 Å². The van der Waals surface area contributed by atoms with Crippen molar-refractivity contribution < 1.29 is 42.7 Å². The van der Waals surface area contributed by atoms with Crippen molar-refractivity contribution in [1.29, 1.82) is 0 Å². The summed E-state index contributed by atoms with van der Waals surface area (Å²) in [6, 6.07) is -1.49. The molecule has 0 radical (unpaired) electrons. The molecule has 0 heterocycles. The standard InChI is InChI=1S/C42H72NO9P/c1-3-5-7-9-11-13-15-17-19-20-21-22-24-26-28-30-32-34-41(44)52-39(37-50-53(47,48)51-38-40(43)42(45)46)36-49-35-33-31-29-27-25-23-18-16-14-12-10-8-6-4-2/h5,7,11,13,17,19,21-22,26,28,33,35,39-40H,3-4,6,8-10,12,14-16,18,20,23-25,27,29-32,34,36-38,43H2,1-2H3,(H,45,46)(H,47,48)/b7-5-,13-11-,19-17-,22-21-,28-26-,35-33-/t39-,40+/m1/s1. The van der Waals surface area contributed by atoms with Crippen molar-refractivity contribution >= 4 is 19.8 Å². The van der Waals surface area contributed by atoms with Crippen LogP contribution in [-0.2, 0) is 32.7 Å². The first-order valence-corrected chi connectivity index (χ1v) is 21.5. The number of phosphoric acid groups is 1. The third-order valence-corrected chi connectivity index (χ3v) is 9.02.